The molecule has 0 unspecified atom stereocenters. The summed E-state index contributed by atoms with van der Waals surface area (Å²) in [5.74, 6) is 0.147. The highest BCUT2D eigenvalue weighted by Crippen LogP contribution is 2.22. The van der Waals surface area contributed by atoms with Gasteiger partial charge in [-0.15, -0.1) is 0 Å². The van der Waals surface area contributed by atoms with E-state index in [1.54, 1.807) is 18.2 Å². The number of benzene rings is 2. The summed E-state index contributed by atoms with van der Waals surface area (Å²) in [6.45, 7) is 2.84. The van der Waals surface area contributed by atoms with Crippen molar-refractivity contribution in [2.45, 2.75) is 56.8 Å². The van der Waals surface area contributed by atoms with Gasteiger partial charge >= 0.3 is 0 Å². The molecule has 0 atom stereocenters. The van der Waals surface area contributed by atoms with E-state index < -0.39 is 15.8 Å². The monoisotopic (exact) mass is 454 g/mol. The number of nitrogens with zero attached hydrogens (tertiary/aromatic N) is 1. The second kappa shape index (κ2) is 12.5. The van der Waals surface area contributed by atoms with E-state index in [9.17, 15) is 12.8 Å². The average molecular weight is 455 g/mol. The summed E-state index contributed by atoms with van der Waals surface area (Å²) in [7, 11) is -3.88. The highest BCUT2D eigenvalue weighted by Gasteiger charge is 2.12. The summed E-state index contributed by atoms with van der Waals surface area (Å²) in [5, 5.41) is 4.14. The number of halogens is 2. The average Bonchev–Trinajstić information content (AvgIpc) is 2.72. The second-order valence-electron chi connectivity index (χ2n) is 6.96. The van der Waals surface area contributed by atoms with Gasteiger partial charge < -0.3 is 4.74 Å². The van der Waals surface area contributed by atoms with Crippen molar-refractivity contribution in [2.24, 2.45) is 5.10 Å². The predicted molar refractivity (Wildman–Crippen MR) is 119 cm³/mol. The Morgan fingerprint density at radius 2 is 1.70 bits per heavy atom. The molecule has 0 aliphatic rings. The van der Waals surface area contributed by atoms with Crippen molar-refractivity contribution in [3.8, 4) is 5.75 Å². The van der Waals surface area contributed by atoms with Crippen LogP contribution < -0.4 is 9.57 Å². The third-order valence-corrected chi connectivity index (χ3v) is 6.05. The van der Waals surface area contributed by atoms with Crippen LogP contribution in [0, 0.1) is 5.82 Å². The first kappa shape index (κ1) is 24.2. The van der Waals surface area contributed by atoms with Crippen LogP contribution in [0.2, 0.25) is 5.02 Å². The van der Waals surface area contributed by atoms with Gasteiger partial charge in [-0.3, -0.25) is 0 Å². The summed E-state index contributed by atoms with van der Waals surface area (Å²) in [6, 6.07) is 9.62. The maximum Gasteiger partial charge on any atom is 0.276 e. The number of hydrogen-bond donors (Lipinski definition) is 1. The normalized spacial score (nSPS) is 11.7. The molecule has 0 spiro atoms. The largest absolute Gasteiger partial charge is 0.494 e. The van der Waals surface area contributed by atoms with E-state index in [1.165, 1.54) is 38.3 Å². The number of sulfonamides is 1. The Bertz CT molecular complexity index is 918. The molecule has 2 aromatic rings. The molecular weight excluding hydrogens is 427 g/mol. The fourth-order valence-electron chi connectivity index (χ4n) is 2.78. The maximum absolute atomic E-state index is 12.9. The van der Waals surface area contributed by atoms with Crippen molar-refractivity contribution in [3.05, 3.63) is 58.9 Å². The van der Waals surface area contributed by atoms with Crippen molar-refractivity contribution < 1.29 is 17.5 Å². The molecule has 0 aliphatic carbocycles. The zero-order chi connectivity index (χ0) is 21.8. The molecule has 0 radical (unpaired) electrons. The van der Waals surface area contributed by atoms with E-state index >= 15 is 0 Å². The standard InChI is InChI=1S/C22H28ClFN2O3S/c1-2-3-4-5-6-7-8-15-29-20-12-9-18(22(23)16-20)17-25-26-30(27,28)21-13-10-19(24)11-14-21/h9-14,16-17,26H,2-8,15H2,1H3/b25-17+. The van der Waals surface area contributed by atoms with Crippen LogP contribution in [0.5, 0.6) is 5.75 Å². The van der Waals surface area contributed by atoms with Crippen LogP contribution >= 0.6 is 11.6 Å². The summed E-state index contributed by atoms with van der Waals surface area (Å²) in [6.07, 6.45) is 9.82. The highest BCUT2D eigenvalue weighted by atomic mass is 35.5. The Morgan fingerprint density at radius 1 is 1.03 bits per heavy atom. The Balaban J connectivity index is 1.80. The summed E-state index contributed by atoms with van der Waals surface area (Å²) >= 11 is 6.23. The SMILES string of the molecule is CCCCCCCCCOc1ccc(/C=N/NS(=O)(=O)c2ccc(F)cc2)c(Cl)c1. The molecule has 0 saturated carbocycles. The van der Waals surface area contributed by atoms with Crippen LogP contribution in [0.15, 0.2) is 52.5 Å². The van der Waals surface area contributed by atoms with Crippen LogP contribution in [-0.4, -0.2) is 21.2 Å². The zero-order valence-corrected chi connectivity index (χ0v) is 18.7. The lowest BCUT2D eigenvalue weighted by atomic mass is 10.1. The van der Waals surface area contributed by atoms with E-state index in [1.807, 2.05) is 0 Å². The van der Waals surface area contributed by atoms with E-state index in [0.29, 0.717) is 22.9 Å². The van der Waals surface area contributed by atoms with Crippen LogP contribution in [0.25, 0.3) is 0 Å². The number of hydrogen-bond acceptors (Lipinski definition) is 4. The van der Waals surface area contributed by atoms with Crippen molar-refractivity contribution in [1.82, 2.24) is 4.83 Å². The molecule has 0 heterocycles. The van der Waals surface area contributed by atoms with Crippen molar-refractivity contribution in [2.75, 3.05) is 6.61 Å². The number of unbranched alkanes of at least 4 members (excludes halogenated alkanes) is 6. The van der Waals surface area contributed by atoms with Gasteiger partial charge in [0.15, 0.2) is 0 Å². The first-order chi connectivity index (χ1) is 14.4. The third-order valence-electron chi connectivity index (χ3n) is 4.49. The van der Waals surface area contributed by atoms with E-state index in [2.05, 4.69) is 16.9 Å². The maximum atomic E-state index is 12.9. The first-order valence-electron chi connectivity index (χ1n) is 10.1. The fraction of sp³-hybridized carbons (Fsp3) is 0.409. The minimum atomic E-state index is -3.88. The molecule has 0 amide bonds. The minimum absolute atomic E-state index is 0.0822. The van der Waals surface area contributed by atoms with Gasteiger partial charge in [-0.1, -0.05) is 57.0 Å². The van der Waals surface area contributed by atoms with Crippen LogP contribution in [0.4, 0.5) is 4.39 Å². The molecule has 30 heavy (non-hydrogen) atoms. The number of ether oxygens (including phenoxy) is 1. The first-order valence-corrected chi connectivity index (χ1v) is 12.0. The topological polar surface area (TPSA) is 67.8 Å². The molecule has 0 fully saturated rings. The molecule has 2 aromatic carbocycles. The number of hydrazone groups is 1. The predicted octanol–water partition coefficient (Wildman–Crippen LogP) is 5.92. The van der Waals surface area contributed by atoms with E-state index in [-0.39, 0.29) is 4.90 Å². The smallest absolute Gasteiger partial charge is 0.276 e. The van der Waals surface area contributed by atoms with Gasteiger partial charge in [0.25, 0.3) is 10.0 Å². The number of nitrogens with one attached hydrogen (secondary N) is 1. The van der Waals surface area contributed by atoms with Gasteiger partial charge in [0.05, 0.1) is 22.7 Å². The molecular formula is C22H28ClFN2O3S. The Kier molecular flexibility index (Phi) is 10.1. The van der Waals surface area contributed by atoms with Crippen LogP contribution in [0.3, 0.4) is 0 Å². The quantitative estimate of drug-likeness (QED) is 0.232. The molecule has 1 N–H and O–H groups in total. The van der Waals surface area contributed by atoms with Crippen LogP contribution in [0.1, 0.15) is 57.4 Å². The van der Waals surface area contributed by atoms with Gasteiger partial charge in [-0.05, 0) is 48.9 Å². The Morgan fingerprint density at radius 3 is 2.37 bits per heavy atom. The lowest BCUT2D eigenvalue weighted by Gasteiger charge is -2.08. The lowest BCUT2D eigenvalue weighted by molar-refractivity contribution is 0.304. The summed E-state index contributed by atoms with van der Waals surface area (Å²) in [4.78, 5) is 2.00. The van der Waals surface area contributed by atoms with Crippen LogP contribution in [-0.2, 0) is 10.0 Å². The van der Waals surface area contributed by atoms with Gasteiger partial charge in [0.2, 0.25) is 0 Å². The Hall–Kier alpha value is -2.12. The highest BCUT2D eigenvalue weighted by molar-refractivity contribution is 7.89. The molecule has 8 heteroatoms. The van der Waals surface area contributed by atoms with E-state index in [0.717, 1.165) is 37.1 Å². The Labute approximate surface area is 183 Å². The molecule has 164 valence electrons. The van der Waals surface area contributed by atoms with Gasteiger partial charge in [0.1, 0.15) is 11.6 Å². The van der Waals surface area contributed by atoms with Crippen molar-refractivity contribution in [3.63, 3.8) is 0 Å². The van der Waals surface area contributed by atoms with Gasteiger partial charge in [0, 0.05) is 5.56 Å². The fourth-order valence-corrected chi connectivity index (χ4v) is 3.79. The molecule has 0 aliphatic heterocycles. The van der Waals surface area contributed by atoms with Gasteiger partial charge in [-0.25, -0.2) is 9.22 Å². The zero-order valence-electron chi connectivity index (χ0n) is 17.1. The molecule has 0 saturated heterocycles. The van der Waals surface area contributed by atoms with E-state index in [4.69, 9.17) is 16.3 Å². The summed E-state index contributed by atoms with van der Waals surface area (Å²) < 4.78 is 42.9. The van der Waals surface area contributed by atoms with Crippen molar-refractivity contribution in [1.29, 1.82) is 0 Å². The number of rotatable bonds is 13. The third kappa shape index (κ3) is 8.32. The minimum Gasteiger partial charge on any atom is -0.494 e. The van der Waals surface area contributed by atoms with Gasteiger partial charge in [-0.2, -0.15) is 13.5 Å². The summed E-state index contributed by atoms with van der Waals surface area (Å²) in [5.41, 5.74) is 0.543. The molecule has 0 bridgehead atoms. The lowest BCUT2D eigenvalue weighted by Crippen LogP contribution is -2.18. The van der Waals surface area contributed by atoms with Crippen molar-refractivity contribution >= 4 is 27.8 Å². The second-order valence-corrected chi connectivity index (χ2v) is 9.03. The molecule has 2 rings (SSSR count). The molecule has 5 nitrogen and oxygen atoms in total. The molecule has 0 aromatic heterocycles.